The highest BCUT2D eigenvalue weighted by Crippen LogP contribution is 2.17. The molecule has 1 aromatic carbocycles. The molecule has 1 atom stereocenters. The Bertz CT molecular complexity index is 917. The number of H-pyrrole nitrogens is 1. The third-order valence-electron chi connectivity index (χ3n) is 3.99. The van der Waals surface area contributed by atoms with E-state index in [1.807, 2.05) is 52.0 Å². The van der Waals surface area contributed by atoms with Crippen LogP contribution in [0.3, 0.4) is 0 Å². The van der Waals surface area contributed by atoms with E-state index >= 15 is 0 Å². The molecule has 0 aliphatic heterocycles. The summed E-state index contributed by atoms with van der Waals surface area (Å²) >= 11 is 0. The normalized spacial score (nSPS) is 12.2. The van der Waals surface area contributed by atoms with Gasteiger partial charge < -0.3 is 10.6 Å². The Kier molecular flexibility index (Phi) is 4.65. The zero-order valence-corrected chi connectivity index (χ0v) is 14.8. The third-order valence-corrected chi connectivity index (χ3v) is 3.99. The first kappa shape index (κ1) is 16.9. The number of fused-ring (bicyclic) bond motifs is 1. The number of aryl methyl sites for hydroxylation is 3. The number of amides is 2. The van der Waals surface area contributed by atoms with Gasteiger partial charge in [0.1, 0.15) is 0 Å². The Hall–Kier alpha value is -2.96. The predicted octanol–water partition coefficient (Wildman–Crippen LogP) is 3.03. The number of carbonyl (C=O) groups excluding carboxylic acids is 1. The van der Waals surface area contributed by atoms with Crippen molar-refractivity contribution in [3.63, 3.8) is 0 Å². The highest BCUT2D eigenvalue weighted by atomic mass is 16.2. The van der Waals surface area contributed by atoms with Crippen LogP contribution in [0.25, 0.3) is 11.0 Å². The molecule has 2 aromatic heterocycles. The van der Waals surface area contributed by atoms with Crippen LogP contribution in [0.1, 0.15) is 29.7 Å². The Labute approximate surface area is 146 Å². The average molecular weight is 338 g/mol. The fourth-order valence-electron chi connectivity index (χ4n) is 2.64. The number of anilines is 1. The van der Waals surface area contributed by atoms with Gasteiger partial charge in [0, 0.05) is 23.8 Å². The highest BCUT2D eigenvalue weighted by molar-refractivity contribution is 5.92. The van der Waals surface area contributed by atoms with E-state index in [1.165, 1.54) is 0 Å². The van der Waals surface area contributed by atoms with Crippen LogP contribution in [0.2, 0.25) is 0 Å². The van der Waals surface area contributed by atoms with E-state index in [1.54, 1.807) is 0 Å². The SMILES string of the molecule is Cc1cc(C[C@H](C)NC(=O)Nc2ccc3nc(C)c(C)nc3c2)n[nH]1. The van der Waals surface area contributed by atoms with Gasteiger partial charge in [-0.1, -0.05) is 0 Å². The molecule has 0 unspecified atom stereocenters. The Morgan fingerprint density at radius 3 is 2.52 bits per heavy atom. The molecule has 3 N–H and O–H groups in total. The van der Waals surface area contributed by atoms with Crippen molar-refractivity contribution in [2.75, 3.05) is 5.32 Å². The van der Waals surface area contributed by atoms with Gasteiger partial charge in [-0.3, -0.25) is 5.10 Å². The van der Waals surface area contributed by atoms with E-state index in [9.17, 15) is 4.79 Å². The molecule has 0 saturated heterocycles. The minimum atomic E-state index is -0.254. The quantitative estimate of drug-likeness (QED) is 0.681. The summed E-state index contributed by atoms with van der Waals surface area (Å²) in [5, 5.41) is 12.8. The Balaban J connectivity index is 1.64. The summed E-state index contributed by atoms with van der Waals surface area (Å²) in [6.07, 6.45) is 0.666. The summed E-state index contributed by atoms with van der Waals surface area (Å²) < 4.78 is 0. The van der Waals surface area contributed by atoms with Gasteiger partial charge >= 0.3 is 6.03 Å². The topological polar surface area (TPSA) is 95.6 Å². The summed E-state index contributed by atoms with van der Waals surface area (Å²) in [5.74, 6) is 0. The number of nitrogens with zero attached hydrogens (tertiary/aromatic N) is 3. The zero-order chi connectivity index (χ0) is 18.0. The fraction of sp³-hybridized carbons (Fsp3) is 0.333. The first-order valence-electron chi connectivity index (χ1n) is 8.24. The molecule has 130 valence electrons. The van der Waals surface area contributed by atoms with Gasteiger partial charge in [-0.2, -0.15) is 5.10 Å². The summed E-state index contributed by atoms with van der Waals surface area (Å²) in [5.41, 5.74) is 6.00. The lowest BCUT2D eigenvalue weighted by atomic mass is 10.2. The molecule has 7 heteroatoms. The van der Waals surface area contributed by atoms with E-state index in [0.717, 1.165) is 33.8 Å². The zero-order valence-electron chi connectivity index (χ0n) is 14.8. The molecule has 25 heavy (non-hydrogen) atoms. The van der Waals surface area contributed by atoms with Gasteiger partial charge in [0.05, 0.1) is 28.1 Å². The molecule has 7 nitrogen and oxygen atoms in total. The lowest BCUT2D eigenvalue weighted by molar-refractivity contribution is 0.249. The smallest absolute Gasteiger partial charge is 0.319 e. The molecule has 0 spiro atoms. The van der Waals surface area contributed by atoms with Crippen LogP contribution in [0, 0.1) is 20.8 Å². The van der Waals surface area contributed by atoms with Gasteiger partial charge in [0.15, 0.2) is 0 Å². The number of carbonyl (C=O) groups is 1. The molecule has 0 radical (unpaired) electrons. The van der Waals surface area contributed by atoms with Crippen molar-refractivity contribution >= 4 is 22.8 Å². The third kappa shape index (κ3) is 4.12. The number of hydrogen-bond acceptors (Lipinski definition) is 4. The Morgan fingerprint density at radius 1 is 1.12 bits per heavy atom. The molecule has 0 bridgehead atoms. The maximum absolute atomic E-state index is 12.2. The van der Waals surface area contributed by atoms with Crippen molar-refractivity contribution in [1.82, 2.24) is 25.5 Å². The number of nitrogens with one attached hydrogen (secondary N) is 3. The molecule has 0 saturated carbocycles. The molecule has 2 heterocycles. The first-order valence-corrected chi connectivity index (χ1v) is 8.24. The molecular weight excluding hydrogens is 316 g/mol. The molecule has 3 aromatic rings. The summed E-state index contributed by atoms with van der Waals surface area (Å²) in [6, 6.07) is 7.20. The molecule has 2 amide bonds. The van der Waals surface area contributed by atoms with E-state index in [0.29, 0.717) is 12.1 Å². The van der Waals surface area contributed by atoms with Gasteiger partial charge in [0.25, 0.3) is 0 Å². The van der Waals surface area contributed by atoms with Crippen LogP contribution in [0.5, 0.6) is 0 Å². The van der Waals surface area contributed by atoms with Gasteiger partial charge in [-0.25, -0.2) is 14.8 Å². The van der Waals surface area contributed by atoms with Crippen molar-refractivity contribution in [2.45, 2.75) is 40.2 Å². The van der Waals surface area contributed by atoms with Gasteiger partial charge in [0.2, 0.25) is 0 Å². The van der Waals surface area contributed by atoms with Crippen molar-refractivity contribution in [2.24, 2.45) is 0 Å². The van der Waals surface area contributed by atoms with Crippen LogP contribution in [-0.2, 0) is 6.42 Å². The summed E-state index contributed by atoms with van der Waals surface area (Å²) in [7, 11) is 0. The van der Waals surface area contributed by atoms with Crippen LogP contribution in [-0.4, -0.2) is 32.2 Å². The second-order valence-corrected chi connectivity index (χ2v) is 6.34. The largest absolute Gasteiger partial charge is 0.335 e. The van der Waals surface area contributed by atoms with Crippen LogP contribution in [0.4, 0.5) is 10.5 Å². The predicted molar refractivity (Wildman–Crippen MR) is 97.7 cm³/mol. The lowest BCUT2D eigenvalue weighted by Crippen LogP contribution is -2.37. The van der Waals surface area contributed by atoms with E-state index < -0.39 is 0 Å². The van der Waals surface area contributed by atoms with E-state index in [2.05, 4.69) is 30.8 Å². The number of rotatable bonds is 4. The molecule has 0 aliphatic carbocycles. The van der Waals surface area contributed by atoms with Gasteiger partial charge in [-0.05, 0) is 52.0 Å². The van der Waals surface area contributed by atoms with Crippen LogP contribution < -0.4 is 10.6 Å². The lowest BCUT2D eigenvalue weighted by Gasteiger charge is -2.14. The number of aromatic amines is 1. The second kappa shape index (κ2) is 6.88. The van der Waals surface area contributed by atoms with Crippen molar-refractivity contribution in [3.8, 4) is 0 Å². The van der Waals surface area contributed by atoms with Crippen molar-refractivity contribution in [1.29, 1.82) is 0 Å². The standard InChI is InChI=1S/C18H22N6O/c1-10(7-15-8-11(2)23-24-15)19-18(25)22-14-5-6-16-17(9-14)21-13(4)12(3)20-16/h5-6,8-10H,7H2,1-4H3,(H,23,24)(H2,19,22,25)/t10-/m0/s1. The number of benzene rings is 1. The second-order valence-electron chi connectivity index (χ2n) is 6.34. The first-order chi connectivity index (χ1) is 11.9. The Morgan fingerprint density at radius 2 is 1.84 bits per heavy atom. The summed E-state index contributed by atoms with van der Waals surface area (Å²) in [6.45, 7) is 7.76. The van der Waals surface area contributed by atoms with Crippen LogP contribution >= 0.6 is 0 Å². The number of hydrogen-bond donors (Lipinski definition) is 3. The molecular formula is C18H22N6O. The number of aromatic nitrogens is 4. The summed E-state index contributed by atoms with van der Waals surface area (Å²) in [4.78, 5) is 21.2. The van der Waals surface area contributed by atoms with Crippen molar-refractivity contribution in [3.05, 3.63) is 47.0 Å². The minimum Gasteiger partial charge on any atom is -0.335 e. The van der Waals surface area contributed by atoms with E-state index in [4.69, 9.17) is 0 Å². The van der Waals surface area contributed by atoms with Gasteiger partial charge in [-0.15, -0.1) is 0 Å². The molecule has 0 aliphatic rings. The van der Waals surface area contributed by atoms with Crippen LogP contribution in [0.15, 0.2) is 24.3 Å². The minimum absolute atomic E-state index is 0.0344. The van der Waals surface area contributed by atoms with Crippen molar-refractivity contribution < 1.29 is 4.79 Å². The fourth-order valence-corrected chi connectivity index (χ4v) is 2.64. The number of urea groups is 1. The highest BCUT2D eigenvalue weighted by Gasteiger charge is 2.11. The maximum atomic E-state index is 12.2. The van der Waals surface area contributed by atoms with E-state index in [-0.39, 0.29) is 12.1 Å². The molecule has 0 fully saturated rings. The monoisotopic (exact) mass is 338 g/mol. The molecule has 3 rings (SSSR count). The maximum Gasteiger partial charge on any atom is 0.319 e. The average Bonchev–Trinajstić information content (AvgIpc) is 2.93.